The number of amidine groups is 1. The van der Waals surface area contributed by atoms with Crippen LogP contribution < -0.4 is 10.6 Å². The minimum atomic E-state index is 0.0382. The third-order valence-corrected chi connectivity index (χ3v) is 5.14. The molecule has 2 rings (SSSR count). The third kappa shape index (κ3) is 4.41. The summed E-state index contributed by atoms with van der Waals surface area (Å²) in [6.45, 7) is 5.21. The summed E-state index contributed by atoms with van der Waals surface area (Å²) in [6.07, 6.45) is 6.75. The number of hydrogen-bond acceptors (Lipinski definition) is 4. The highest BCUT2D eigenvalue weighted by molar-refractivity contribution is 8.13. The van der Waals surface area contributed by atoms with Crippen molar-refractivity contribution in [2.24, 2.45) is 10.4 Å². The molecule has 4 nitrogen and oxygen atoms in total. The van der Waals surface area contributed by atoms with Crippen molar-refractivity contribution < 1.29 is 4.79 Å². The molecule has 2 aliphatic rings. The molecule has 1 heterocycles. The van der Waals surface area contributed by atoms with Crippen LogP contribution in [-0.4, -0.2) is 36.0 Å². The molecule has 19 heavy (non-hydrogen) atoms. The molecule has 0 aromatic carbocycles. The minimum absolute atomic E-state index is 0.0382. The first-order chi connectivity index (χ1) is 9.10. The fourth-order valence-electron chi connectivity index (χ4n) is 2.79. The first-order valence-electron chi connectivity index (χ1n) is 7.30. The first-order valence-corrected chi connectivity index (χ1v) is 8.29. The van der Waals surface area contributed by atoms with Gasteiger partial charge >= 0.3 is 0 Å². The Kier molecular flexibility index (Phi) is 5.13. The van der Waals surface area contributed by atoms with Crippen LogP contribution in [0.3, 0.4) is 0 Å². The van der Waals surface area contributed by atoms with Gasteiger partial charge in [-0.1, -0.05) is 31.0 Å². The largest absolute Gasteiger partial charge is 0.356 e. The van der Waals surface area contributed by atoms with Crippen LogP contribution in [0.5, 0.6) is 0 Å². The molecule has 1 aliphatic heterocycles. The van der Waals surface area contributed by atoms with Gasteiger partial charge in [0.15, 0.2) is 5.17 Å². The zero-order chi connectivity index (χ0) is 13.7. The highest BCUT2D eigenvalue weighted by Gasteiger charge is 2.34. The van der Waals surface area contributed by atoms with Gasteiger partial charge < -0.3 is 10.6 Å². The molecule has 1 amide bonds. The fourth-order valence-corrected chi connectivity index (χ4v) is 3.95. The van der Waals surface area contributed by atoms with E-state index in [0.717, 1.165) is 17.5 Å². The summed E-state index contributed by atoms with van der Waals surface area (Å²) in [5.41, 5.74) is 0.453. The Hall–Kier alpha value is -0.710. The van der Waals surface area contributed by atoms with E-state index >= 15 is 0 Å². The predicted molar refractivity (Wildman–Crippen MR) is 81.6 cm³/mol. The summed E-state index contributed by atoms with van der Waals surface area (Å²) < 4.78 is 0. The van der Waals surface area contributed by atoms with Crippen molar-refractivity contribution >= 4 is 22.8 Å². The lowest BCUT2D eigenvalue weighted by atomic mass is 9.75. The molecule has 5 heteroatoms. The molecule has 0 bridgehead atoms. The monoisotopic (exact) mass is 283 g/mol. The van der Waals surface area contributed by atoms with Crippen LogP contribution in [-0.2, 0) is 4.79 Å². The number of rotatable bonds is 3. The number of amides is 1. The number of thioether (sulfide) groups is 1. The fraction of sp³-hybridized carbons (Fsp3) is 0.857. The molecule has 108 valence electrons. The van der Waals surface area contributed by atoms with Gasteiger partial charge in [0.2, 0.25) is 5.91 Å². The second-order valence-electron chi connectivity index (χ2n) is 6.05. The molecular formula is C14H25N3OS. The van der Waals surface area contributed by atoms with E-state index in [1.165, 1.54) is 32.1 Å². The van der Waals surface area contributed by atoms with Crippen LogP contribution in [0.1, 0.15) is 46.0 Å². The normalized spacial score (nSPS) is 22.2. The standard InChI is InChI=1S/C14H25N3OS/c1-11(2)17-12(18)8-15-13-16-9-14(10-19-13)6-4-3-5-7-14/h11H,3-10H2,1-2H3,(H,15,16)(H,17,18). The van der Waals surface area contributed by atoms with Crippen molar-refractivity contribution in [2.75, 3.05) is 18.8 Å². The third-order valence-electron chi connectivity index (χ3n) is 3.84. The summed E-state index contributed by atoms with van der Waals surface area (Å²) >= 11 is 1.79. The SMILES string of the molecule is CC(C)NC(=O)CNC1=NCC2(CCCCC2)CS1. The van der Waals surface area contributed by atoms with E-state index in [9.17, 15) is 4.79 Å². The lowest BCUT2D eigenvalue weighted by Gasteiger charge is -2.38. The molecule has 1 aliphatic carbocycles. The van der Waals surface area contributed by atoms with Gasteiger partial charge in [-0.15, -0.1) is 0 Å². The molecular weight excluding hydrogens is 258 g/mol. The lowest BCUT2D eigenvalue weighted by molar-refractivity contribution is -0.120. The number of nitrogens with zero attached hydrogens (tertiary/aromatic N) is 1. The Balaban J connectivity index is 1.76. The summed E-state index contributed by atoms with van der Waals surface area (Å²) in [6, 6.07) is 0.195. The molecule has 0 saturated heterocycles. The van der Waals surface area contributed by atoms with Gasteiger partial charge in [-0.05, 0) is 32.1 Å². The number of nitrogens with one attached hydrogen (secondary N) is 2. The van der Waals surface area contributed by atoms with Gasteiger partial charge in [0.05, 0.1) is 6.54 Å². The van der Waals surface area contributed by atoms with E-state index in [2.05, 4.69) is 15.6 Å². The molecule has 0 radical (unpaired) electrons. The summed E-state index contributed by atoms with van der Waals surface area (Å²) in [5, 5.41) is 6.96. The van der Waals surface area contributed by atoms with Gasteiger partial charge in [-0.25, -0.2) is 0 Å². The molecule has 0 aromatic rings. The van der Waals surface area contributed by atoms with Gasteiger partial charge in [0, 0.05) is 18.3 Å². The van der Waals surface area contributed by atoms with Crippen LogP contribution >= 0.6 is 11.8 Å². The number of carbonyl (C=O) groups is 1. The molecule has 1 fully saturated rings. The van der Waals surface area contributed by atoms with E-state index in [1.807, 2.05) is 13.8 Å². The van der Waals surface area contributed by atoms with Crippen molar-refractivity contribution in [1.82, 2.24) is 10.6 Å². The van der Waals surface area contributed by atoms with E-state index in [0.29, 0.717) is 12.0 Å². The van der Waals surface area contributed by atoms with Crippen molar-refractivity contribution in [3.05, 3.63) is 0 Å². The van der Waals surface area contributed by atoms with Gasteiger partial charge in [0.25, 0.3) is 0 Å². The quantitative estimate of drug-likeness (QED) is 0.834. The van der Waals surface area contributed by atoms with Gasteiger partial charge in [-0.3, -0.25) is 9.79 Å². The van der Waals surface area contributed by atoms with Gasteiger partial charge in [-0.2, -0.15) is 0 Å². The van der Waals surface area contributed by atoms with Crippen LogP contribution in [0.4, 0.5) is 0 Å². The van der Waals surface area contributed by atoms with E-state index < -0.39 is 0 Å². The topological polar surface area (TPSA) is 53.5 Å². The zero-order valence-electron chi connectivity index (χ0n) is 12.0. The maximum atomic E-state index is 11.6. The van der Waals surface area contributed by atoms with Crippen LogP contribution in [0.25, 0.3) is 0 Å². The molecule has 1 saturated carbocycles. The smallest absolute Gasteiger partial charge is 0.239 e. The Bertz CT molecular complexity index is 349. The molecule has 0 unspecified atom stereocenters. The van der Waals surface area contributed by atoms with Crippen molar-refractivity contribution in [3.8, 4) is 0 Å². The van der Waals surface area contributed by atoms with E-state index in [1.54, 1.807) is 11.8 Å². The Morgan fingerprint density at radius 3 is 2.68 bits per heavy atom. The minimum Gasteiger partial charge on any atom is -0.356 e. The molecule has 0 aromatic heterocycles. The van der Waals surface area contributed by atoms with Crippen LogP contribution in [0.15, 0.2) is 4.99 Å². The average Bonchev–Trinajstić information content (AvgIpc) is 2.38. The predicted octanol–water partition coefficient (Wildman–Crippen LogP) is 2.15. The summed E-state index contributed by atoms with van der Waals surface area (Å²) in [7, 11) is 0. The molecule has 1 spiro atoms. The second-order valence-corrected chi connectivity index (χ2v) is 7.01. The van der Waals surface area contributed by atoms with Gasteiger partial charge in [0.1, 0.15) is 0 Å². The Morgan fingerprint density at radius 1 is 1.37 bits per heavy atom. The van der Waals surface area contributed by atoms with Crippen molar-refractivity contribution in [3.63, 3.8) is 0 Å². The van der Waals surface area contributed by atoms with Crippen LogP contribution in [0, 0.1) is 5.41 Å². The van der Waals surface area contributed by atoms with Crippen molar-refractivity contribution in [1.29, 1.82) is 0 Å². The number of aliphatic imine (C=N–C) groups is 1. The number of hydrogen-bond donors (Lipinski definition) is 2. The molecule has 0 atom stereocenters. The van der Waals surface area contributed by atoms with E-state index in [4.69, 9.17) is 0 Å². The lowest BCUT2D eigenvalue weighted by Crippen LogP contribution is -2.41. The summed E-state index contributed by atoms with van der Waals surface area (Å²) in [5.74, 6) is 1.20. The average molecular weight is 283 g/mol. The second kappa shape index (κ2) is 6.64. The zero-order valence-corrected chi connectivity index (χ0v) is 12.8. The molecule has 2 N–H and O–H groups in total. The maximum Gasteiger partial charge on any atom is 0.239 e. The maximum absolute atomic E-state index is 11.6. The van der Waals surface area contributed by atoms with E-state index in [-0.39, 0.29) is 11.9 Å². The highest BCUT2D eigenvalue weighted by Crippen LogP contribution is 2.41. The number of carbonyl (C=O) groups excluding carboxylic acids is 1. The Labute approximate surface area is 120 Å². The highest BCUT2D eigenvalue weighted by atomic mass is 32.2. The Morgan fingerprint density at radius 2 is 2.11 bits per heavy atom. The van der Waals surface area contributed by atoms with Crippen molar-refractivity contribution in [2.45, 2.75) is 52.0 Å². The van der Waals surface area contributed by atoms with Crippen LogP contribution in [0.2, 0.25) is 0 Å². The first kappa shape index (κ1) is 14.7. The summed E-state index contributed by atoms with van der Waals surface area (Å²) in [4.78, 5) is 16.2.